The van der Waals surface area contributed by atoms with E-state index < -0.39 is 30.7 Å². The Morgan fingerprint density at radius 3 is 2.40 bits per heavy atom. The van der Waals surface area contributed by atoms with Gasteiger partial charge in [0.1, 0.15) is 23.9 Å². The molecule has 6 rings (SSSR count). The van der Waals surface area contributed by atoms with Crippen molar-refractivity contribution in [2.75, 3.05) is 0 Å². The Kier molecular flexibility index (Phi) is 5.89. The molecule has 3 N–H and O–H groups in total. The normalized spacial score (nSPS) is 57.9. The quantitative estimate of drug-likeness (QED) is 0.401. The lowest BCUT2D eigenvalue weighted by Crippen LogP contribution is -2.59. The van der Waals surface area contributed by atoms with Crippen molar-refractivity contribution < 1.29 is 34.3 Å². The lowest BCUT2D eigenvalue weighted by Gasteiger charge is -2.61. The van der Waals surface area contributed by atoms with Crippen molar-refractivity contribution in [3.05, 3.63) is 0 Å². The average molecular weight is 493 g/mol. The first-order valence-corrected chi connectivity index (χ1v) is 14.1. The number of aliphatic hydroxyl groups is 3. The van der Waals surface area contributed by atoms with Crippen LogP contribution in [-0.2, 0) is 19.0 Å². The predicted octanol–water partition coefficient (Wildman–Crippen LogP) is 3.32. The Morgan fingerprint density at radius 2 is 1.66 bits per heavy atom. The SMILES string of the molecule is C[C@@H]1O[C@@H](O[C@H]2CC[C@@]3(C)[C@@H](CC[C@@H]4[C@@H]3CC[C@@]3(C)[C@H]4CC[C@@]34CCC(=O)O4)C2)[C@H](O)[C@H](O)[C@H]1O. The summed E-state index contributed by atoms with van der Waals surface area (Å²) in [5.41, 5.74) is 0.209. The molecule has 6 fully saturated rings. The van der Waals surface area contributed by atoms with Crippen LogP contribution in [0.1, 0.15) is 91.4 Å². The number of ether oxygens (including phenoxy) is 3. The lowest BCUT2D eigenvalue weighted by atomic mass is 9.44. The Bertz CT molecular complexity index is 849. The van der Waals surface area contributed by atoms with Crippen molar-refractivity contribution in [3.63, 3.8) is 0 Å². The van der Waals surface area contributed by atoms with Gasteiger partial charge in [0.2, 0.25) is 0 Å². The van der Waals surface area contributed by atoms with Crippen LogP contribution in [0.3, 0.4) is 0 Å². The minimum atomic E-state index is -1.25. The Balaban J connectivity index is 1.14. The molecule has 7 heteroatoms. The van der Waals surface area contributed by atoms with E-state index in [2.05, 4.69) is 13.8 Å². The fourth-order valence-electron chi connectivity index (χ4n) is 9.95. The highest BCUT2D eigenvalue weighted by Gasteiger charge is 2.67. The third-order valence-electron chi connectivity index (χ3n) is 12.1. The molecule has 4 saturated carbocycles. The fraction of sp³-hybridized carbons (Fsp3) is 0.964. The largest absolute Gasteiger partial charge is 0.458 e. The molecule has 0 amide bonds. The molecule has 0 aromatic carbocycles. The van der Waals surface area contributed by atoms with Gasteiger partial charge in [-0.3, -0.25) is 4.79 Å². The summed E-state index contributed by atoms with van der Waals surface area (Å²) in [5, 5.41) is 30.6. The molecule has 13 atom stereocenters. The van der Waals surface area contributed by atoms with Gasteiger partial charge in [0.05, 0.1) is 12.2 Å². The molecule has 198 valence electrons. The molecule has 0 aromatic rings. The minimum Gasteiger partial charge on any atom is -0.458 e. The van der Waals surface area contributed by atoms with Gasteiger partial charge in [0, 0.05) is 11.8 Å². The van der Waals surface area contributed by atoms with Crippen LogP contribution in [-0.4, -0.2) is 63.7 Å². The molecule has 0 bridgehead atoms. The van der Waals surface area contributed by atoms with E-state index in [0.29, 0.717) is 35.5 Å². The van der Waals surface area contributed by atoms with Crippen molar-refractivity contribution >= 4 is 5.97 Å². The zero-order valence-electron chi connectivity index (χ0n) is 21.5. The first-order valence-electron chi connectivity index (χ1n) is 14.1. The van der Waals surface area contributed by atoms with Gasteiger partial charge in [0.25, 0.3) is 0 Å². The van der Waals surface area contributed by atoms with Crippen LogP contribution < -0.4 is 0 Å². The van der Waals surface area contributed by atoms with Gasteiger partial charge in [-0.25, -0.2) is 0 Å². The molecule has 2 aliphatic heterocycles. The summed E-state index contributed by atoms with van der Waals surface area (Å²) in [6.45, 7) is 6.65. The number of fused-ring (bicyclic) bond motifs is 6. The third-order valence-corrected chi connectivity index (χ3v) is 12.1. The Morgan fingerprint density at radius 1 is 0.886 bits per heavy atom. The van der Waals surface area contributed by atoms with E-state index >= 15 is 0 Å². The molecule has 4 aliphatic carbocycles. The van der Waals surface area contributed by atoms with Crippen molar-refractivity contribution in [3.8, 4) is 0 Å². The zero-order valence-corrected chi connectivity index (χ0v) is 21.5. The molecule has 7 nitrogen and oxygen atoms in total. The Labute approximate surface area is 208 Å². The second kappa shape index (κ2) is 8.39. The number of rotatable bonds is 2. The molecule has 2 heterocycles. The van der Waals surface area contributed by atoms with E-state index in [0.717, 1.165) is 38.5 Å². The molecule has 1 spiro atoms. The number of esters is 1. The number of hydrogen-bond donors (Lipinski definition) is 3. The van der Waals surface area contributed by atoms with E-state index in [4.69, 9.17) is 14.2 Å². The highest BCUT2D eigenvalue weighted by atomic mass is 16.7. The second-order valence-corrected chi connectivity index (χ2v) is 13.3. The first-order chi connectivity index (χ1) is 16.6. The van der Waals surface area contributed by atoms with Crippen molar-refractivity contribution in [1.29, 1.82) is 0 Å². The van der Waals surface area contributed by atoms with Crippen LogP contribution in [0.5, 0.6) is 0 Å². The lowest BCUT2D eigenvalue weighted by molar-refractivity contribution is -0.309. The smallest absolute Gasteiger partial charge is 0.306 e. The predicted molar refractivity (Wildman–Crippen MR) is 127 cm³/mol. The summed E-state index contributed by atoms with van der Waals surface area (Å²) in [7, 11) is 0. The topological polar surface area (TPSA) is 105 Å². The van der Waals surface area contributed by atoms with Gasteiger partial charge >= 0.3 is 5.97 Å². The number of hydrogen-bond acceptors (Lipinski definition) is 7. The van der Waals surface area contributed by atoms with E-state index in [1.807, 2.05) is 0 Å². The van der Waals surface area contributed by atoms with Gasteiger partial charge in [-0.1, -0.05) is 13.8 Å². The molecule has 2 saturated heterocycles. The molecular formula is C28H44O7. The van der Waals surface area contributed by atoms with E-state index in [1.165, 1.54) is 25.7 Å². The van der Waals surface area contributed by atoms with E-state index in [-0.39, 0.29) is 23.1 Å². The molecular weight excluding hydrogens is 448 g/mol. The van der Waals surface area contributed by atoms with Gasteiger partial charge in [-0.2, -0.15) is 0 Å². The maximum Gasteiger partial charge on any atom is 0.306 e. The molecule has 0 radical (unpaired) electrons. The first kappa shape index (κ1) is 24.6. The fourth-order valence-corrected chi connectivity index (χ4v) is 9.95. The standard InChI is InChI=1S/C28H44O7/c1-15-22(30)23(31)24(32)25(33-15)34-17-6-10-26(2)16(14-17)4-5-18-19(26)7-11-27(3)20(18)8-12-28(27)13-9-21(29)35-28/h15-20,22-25,30-32H,4-14H2,1-3H3/t15-,16-,17-,18+,19-,20-,22-,23+,24+,25-,26-,27-,28+/m0/s1. The summed E-state index contributed by atoms with van der Waals surface area (Å²) in [6.07, 6.45) is 6.50. The number of carbonyl (C=O) groups excluding carboxylic acids is 1. The zero-order chi connectivity index (χ0) is 24.8. The van der Waals surface area contributed by atoms with Gasteiger partial charge in [0.15, 0.2) is 6.29 Å². The molecule has 0 unspecified atom stereocenters. The third kappa shape index (κ3) is 3.51. The van der Waals surface area contributed by atoms with Crippen LogP contribution in [0.4, 0.5) is 0 Å². The highest BCUT2D eigenvalue weighted by Crippen LogP contribution is 2.70. The van der Waals surface area contributed by atoms with Gasteiger partial charge in [-0.05, 0) is 100 Å². The average Bonchev–Trinajstić information content (AvgIpc) is 3.36. The minimum absolute atomic E-state index is 0.000394. The van der Waals surface area contributed by atoms with Crippen LogP contribution in [0.2, 0.25) is 0 Å². The molecule has 6 aliphatic rings. The summed E-state index contributed by atoms with van der Waals surface area (Å²) < 4.78 is 18.0. The summed E-state index contributed by atoms with van der Waals surface area (Å²) in [4.78, 5) is 12.1. The molecule has 35 heavy (non-hydrogen) atoms. The van der Waals surface area contributed by atoms with Crippen LogP contribution in [0, 0.1) is 34.5 Å². The highest BCUT2D eigenvalue weighted by molar-refractivity contribution is 5.72. The van der Waals surface area contributed by atoms with Crippen LogP contribution in [0.15, 0.2) is 0 Å². The summed E-state index contributed by atoms with van der Waals surface area (Å²) in [5.74, 6) is 2.67. The van der Waals surface area contributed by atoms with Crippen molar-refractivity contribution in [1.82, 2.24) is 0 Å². The van der Waals surface area contributed by atoms with E-state index in [1.54, 1.807) is 6.92 Å². The summed E-state index contributed by atoms with van der Waals surface area (Å²) >= 11 is 0. The van der Waals surface area contributed by atoms with Crippen molar-refractivity contribution in [2.45, 2.75) is 134 Å². The number of carbonyl (C=O) groups is 1. The maximum atomic E-state index is 12.1. The Hall–Kier alpha value is -0.730. The van der Waals surface area contributed by atoms with E-state index in [9.17, 15) is 20.1 Å². The molecule has 0 aromatic heterocycles. The van der Waals surface area contributed by atoms with Crippen LogP contribution >= 0.6 is 0 Å². The van der Waals surface area contributed by atoms with Crippen LogP contribution in [0.25, 0.3) is 0 Å². The van der Waals surface area contributed by atoms with Gasteiger partial charge in [-0.15, -0.1) is 0 Å². The monoisotopic (exact) mass is 492 g/mol. The van der Waals surface area contributed by atoms with Crippen molar-refractivity contribution in [2.24, 2.45) is 34.5 Å². The van der Waals surface area contributed by atoms with Gasteiger partial charge < -0.3 is 29.5 Å². The summed E-state index contributed by atoms with van der Waals surface area (Å²) in [6, 6.07) is 0. The second-order valence-electron chi connectivity index (χ2n) is 13.3. The maximum absolute atomic E-state index is 12.1. The number of aliphatic hydroxyl groups excluding tert-OH is 3.